The quantitative estimate of drug-likeness (QED) is 0.549. The van der Waals surface area contributed by atoms with Gasteiger partial charge in [0.25, 0.3) is 0 Å². The Hall–Kier alpha value is -2.02. The van der Waals surface area contributed by atoms with Crippen LogP contribution in [0, 0.1) is 11.3 Å². The van der Waals surface area contributed by atoms with Gasteiger partial charge in [0.2, 0.25) is 0 Å². The van der Waals surface area contributed by atoms with Gasteiger partial charge in [-0.25, -0.2) is 4.79 Å². The predicted molar refractivity (Wildman–Crippen MR) is 67.4 cm³/mol. The summed E-state index contributed by atoms with van der Waals surface area (Å²) in [4.78, 5) is 11.4. The van der Waals surface area contributed by atoms with E-state index in [9.17, 15) is 4.79 Å². The van der Waals surface area contributed by atoms with E-state index in [4.69, 9.17) is 14.7 Å². The summed E-state index contributed by atoms with van der Waals surface area (Å²) in [5.41, 5.74) is 0.522. The van der Waals surface area contributed by atoms with Gasteiger partial charge in [0, 0.05) is 6.42 Å². The van der Waals surface area contributed by atoms with Gasteiger partial charge in [-0.05, 0) is 44.0 Å². The van der Waals surface area contributed by atoms with Crippen molar-refractivity contribution in [3.8, 4) is 11.8 Å². The van der Waals surface area contributed by atoms with Crippen molar-refractivity contribution in [3.63, 3.8) is 0 Å². The molecular formula is C14H17NO3. The van der Waals surface area contributed by atoms with Gasteiger partial charge in [0.05, 0.1) is 24.8 Å². The lowest BCUT2D eigenvalue weighted by molar-refractivity contribution is 0.0526. The Morgan fingerprint density at radius 3 is 2.61 bits per heavy atom. The number of hydrogen-bond donors (Lipinski definition) is 0. The summed E-state index contributed by atoms with van der Waals surface area (Å²) in [5, 5.41) is 8.37. The van der Waals surface area contributed by atoms with E-state index in [1.165, 1.54) is 0 Å². The lowest BCUT2D eigenvalue weighted by atomic mass is 10.2. The fourth-order valence-corrected chi connectivity index (χ4v) is 1.40. The van der Waals surface area contributed by atoms with Crippen LogP contribution in [-0.2, 0) is 4.74 Å². The molecular weight excluding hydrogens is 230 g/mol. The van der Waals surface area contributed by atoms with E-state index in [0.717, 1.165) is 18.6 Å². The summed E-state index contributed by atoms with van der Waals surface area (Å²) in [6.45, 7) is 2.73. The standard InChI is InChI=1S/C14H17NO3/c1-2-17-14(16)12-6-8-13(9-7-12)18-11-5-3-4-10-15/h6-9H,2-5,11H2,1H3. The van der Waals surface area contributed by atoms with Gasteiger partial charge in [-0.15, -0.1) is 0 Å². The molecule has 1 aromatic rings. The van der Waals surface area contributed by atoms with Crippen LogP contribution >= 0.6 is 0 Å². The van der Waals surface area contributed by atoms with Gasteiger partial charge in [-0.1, -0.05) is 0 Å². The fourth-order valence-electron chi connectivity index (χ4n) is 1.40. The molecule has 0 unspecified atom stereocenters. The number of esters is 1. The third-order valence-corrected chi connectivity index (χ3v) is 2.32. The molecule has 0 atom stereocenters. The Bertz CT molecular complexity index is 406. The molecule has 0 spiro atoms. The van der Waals surface area contributed by atoms with Gasteiger partial charge in [0.15, 0.2) is 0 Å². The minimum atomic E-state index is -0.321. The Balaban J connectivity index is 2.36. The molecule has 0 aromatic heterocycles. The number of benzene rings is 1. The number of carbonyl (C=O) groups excluding carboxylic acids is 1. The molecule has 4 nitrogen and oxygen atoms in total. The summed E-state index contributed by atoms with van der Waals surface area (Å²) < 4.78 is 10.4. The first-order valence-corrected chi connectivity index (χ1v) is 6.05. The van der Waals surface area contributed by atoms with Crippen LogP contribution in [0.15, 0.2) is 24.3 Å². The molecule has 4 heteroatoms. The molecule has 0 saturated heterocycles. The Kier molecular flexibility index (Phi) is 6.34. The molecule has 0 fully saturated rings. The lowest BCUT2D eigenvalue weighted by Crippen LogP contribution is -2.04. The lowest BCUT2D eigenvalue weighted by Gasteiger charge is -2.06. The van der Waals surface area contributed by atoms with Crippen molar-refractivity contribution in [2.24, 2.45) is 0 Å². The molecule has 0 heterocycles. The molecule has 0 bridgehead atoms. The van der Waals surface area contributed by atoms with Crippen LogP contribution in [0.4, 0.5) is 0 Å². The molecule has 1 aromatic carbocycles. The third kappa shape index (κ3) is 4.88. The van der Waals surface area contributed by atoms with Crippen molar-refractivity contribution in [2.75, 3.05) is 13.2 Å². The number of nitriles is 1. The highest BCUT2D eigenvalue weighted by molar-refractivity contribution is 5.89. The molecule has 0 aliphatic heterocycles. The van der Waals surface area contributed by atoms with E-state index in [-0.39, 0.29) is 5.97 Å². The van der Waals surface area contributed by atoms with Crippen molar-refractivity contribution in [2.45, 2.75) is 26.2 Å². The average Bonchev–Trinajstić information content (AvgIpc) is 2.39. The van der Waals surface area contributed by atoms with Gasteiger partial charge in [-0.2, -0.15) is 5.26 Å². The van der Waals surface area contributed by atoms with Crippen LogP contribution in [0.3, 0.4) is 0 Å². The summed E-state index contributed by atoms with van der Waals surface area (Å²) in [7, 11) is 0. The van der Waals surface area contributed by atoms with E-state index in [2.05, 4.69) is 6.07 Å². The van der Waals surface area contributed by atoms with Crippen LogP contribution in [0.5, 0.6) is 5.75 Å². The summed E-state index contributed by atoms with van der Waals surface area (Å²) >= 11 is 0. The second-order valence-corrected chi connectivity index (χ2v) is 3.71. The average molecular weight is 247 g/mol. The van der Waals surface area contributed by atoms with Crippen LogP contribution < -0.4 is 4.74 Å². The first kappa shape index (κ1) is 14.0. The molecule has 0 aliphatic carbocycles. The maximum atomic E-state index is 11.4. The van der Waals surface area contributed by atoms with E-state index >= 15 is 0 Å². The van der Waals surface area contributed by atoms with E-state index in [1.54, 1.807) is 31.2 Å². The smallest absolute Gasteiger partial charge is 0.338 e. The minimum absolute atomic E-state index is 0.321. The number of ether oxygens (including phenoxy) is 2. The maximum Gasteiger partial charge on any atom is 0.338 e. The van der Waals surface area contributed by atoms with Crippen molar-refractivity contribution in [1.82, 2.24) is 0 Å². The highest BCUT2D eigenvalue weighted by atomic mass is 16.5. The van der Waals surface area contributed by atoms with Crippen LogP contribution in [0.1, 0.15) is 36.5 Å². The first-order chi connectivity index (χ1) is 8.77. The summed E-state index contributed by atoms with van der Waals surface area (Å²) in [5.74, 6) is 0.401. The normalized spacial score (nSPS) is 9.56. The summed E-state index contributed by atoms with van der Waals surface area (Å²) in [6.07, 6.45) is 2.26. The SMILES string of the molecule is CCOC(=O)c1ccc(OCCCCC#N)cc1. The van der Waals surface area contributed by atoms with Gasteiger partial charge >= 0.3 is 5.97 Å². The number of rotatable bonds is 7. The zero-order valence-electron chi connectivity index (χ0n) is 10.5. The second kappa shape index (κ2) is 8.13. The van der Waals surface area contributed by atoms with Crippen LogP contribution in [0.25, 0.3) is 0 Å². The number of unbranched alkanes of at least 4 members (excludes halogenated alkanes) is 2. The summed E-state index contributed by atoms with van der Waals surface area (Å²) in [6, 6.07) is 8.95. The van der Waals surface area contributed by atoms with E-state index in [1.807, 2.05) is 0 Å². The topological polar surface area (TPSA) is 59.3 Å². The Morgan fingerprint density at radius 1 is 1.28 bits per heavy atom. The molecule has 18 heavy (non-hydrogen) atoms. The molecule has 0 amide bonds. The van der Waals surface area contributed by atoms with Gasteiger partial charge < -0.3 is 9.47 Å². The molecule has 0 aliphatic rings. The van der Waals surface area contributed by atoms with E-state index < -0.39 is 0 Å². The molecule has 1 rings (SSSR count). The van der Waals surface area contributed by atoms with Crippen molar-refractivity contribution < 1.29 is 14.3 Å². The third-order valence-electron chi connectivity index (χ3n) is 2.32. The van der Waals surface area contributed by atoms with Crippen molar-refractivity contribution in [1.29, 1.82) is 5.26 Å². The monoisotopic (exact) mass is 247 g/mol. The molecule has 0 radical (unpaired) electrons. The largest absolute Gasteiger partial charge is 0.494 e. The fraction of sp³-hybridized carbons (Fsp3) is 0.429. The minimum Gasteiger partial charge on any atom is -0.494 e. The highest BCUT2D eigenvalue weighted by Crippen LogP contribution is 2.13. The number of carbonyl (C=O) groups is 1. The second-order valence-electron chi connectivity index (χ2n) is 3.71. The van der Waals surface area contributed by atoms with Crippen LogP contribution in [0.2, 0.25) is 0 Å². The maximum absolute atomic E-state index is 11.4. The number of nitrogens with zero attached hydrogens (tertiary/aromatic N) is 1. The van der Waals surface area contributed by atoms with Gasteiger partial charge in [-0.3, -0.25) is 0 Å². The Labute approximate surface area is 107 Å². The molecule has 0 N–H and O–H groups in total. The van der Waals surface area contributed by atoms with E-state index in [0.29, 0.717) is 25.2 Å². The Morgan fingerprint density at radius 2 is 2.00 bits per heavy atom. The van der Waals surface area contributed by atoms with Crippen molar-refractivity contribution >= 4 is 5.97 Å². The molecule has 96 valence electrons. The van der Waals surface area contributed by atoms with Crippen LogP contribution in [-0.4, -0.2) is 19.2 Å². The van der Waals surface area contributed by atoms with Crippen molar-refractivity contribution in [3.05, 3.63) is 29.8 Å². The predicted octanol–water partition coefficient (Wildman–Crippen LogP) is 2.94. The molecule has 0 saturated carbocycles. The first-order valence-electron chi connectivity index (χ1n) is 6.05. The van der Waals surface area contributed by atoms with Gasteiger partial charge in [0.1, 0.15) is 5.75 Å². The number of hydrogen-bond acceptors (Lipinski definition) is 4. The zero-order chi connectivity index (χ0) is 13.2. The highest BCUT2D eigenvalue weighted by Gasteiger charge is 2.05. The zero-order valence-corrected chi connectivity index (χ0v) is 10.5.